The van der Waals surface area contributed by atoms with Gasteiger partial charge in [-0.05, 0) is 47.4 Å². The van der Waals surface area contributed by atoms with Gasteiger partial charge in [0.1, 0.15) is 23.2 Å². The Balaban J connectivity index is 1.50. The van der Waals surface area contributed by atoms with E-state index in [-0.39, 0.29) is 35.2 Å². The average Bonchev–Trinajstić information content (AvgIpc) is 2.78. The molecule has 7 nitrogen and oxygen atoms in total. The molecular weight excluding hydrogens is 498 g/mol. The molecule has 0 saturated heterocycles. The Morgan fingerprint density at radius 1 is 1.21 bits per heavy atom. The van der Waals surface area contributed by atoms with E-state index in [9.17, 15) is 14.9 Å². The summed E-state index contributed by atoms with van der Waals surface area (Å²) in [5.41, 5.74) is 7.93. The number of ether oxygens (including phenoxy) is 2. The van der Waals surface area contributed by atoms with Gasteiger partial charge in [0, 0.05) is 28.6 Å². The summed E-state index contributed by atoms with van der Waals surface area (Å²) in [4.78, 5) is 25.2. The van der Waals surface area contributed by atoms with E-state index in [1.165, 1.54) is 0 Å². The molecule has 1 amide bonds. The van der Waals surface area contributed by atoms with Gasteiger partial charge in [0.2, 0.25) is 5.88 Å². The van der Waals surface area contributed by atoms with Gasteiger partial charge in [-0.1, -0.05) is 41.9 Å². The molecule has 2 aromatic rings. The Morgan fingerprint density at radius 2 is 1.88 bits per heavy atom. The number of nitrogens with one attached hydrogen (secondary N) is 1. The first-order valence-electron chi connectivity index (χ1n) is 10.8. The summed E-state index contributed by atoms with van der Waals surface area (Å²) >= 11 is 3.35. The maximum absolute atomic E-state index is 13.0. The molecule has 174 valence electrons. The van der Waals surface area contributed by atoms with E-state index in [2.05, 4.69) is 27.3 Å². The van der Waals surface area contributed by atoms with E-state index in [0.717, 1.165) is 10.0 Å². The van der Waals surface area contributed by atoms with Gasteiger partial charge in [0.25, 0.3) is 5.91 Å². The van der Waals surface area contributed by atoms with E-state index in [0.29, 0.717) is 35.6 Å². The Labute approximate surface area is 206 Å². The maximum atomic E-state index is 13.0. The molecular formula is C26H24BrN3O4. The number of nitrogens with zero attached hydrogens (tertiary/aromatic N) is 1. The number of benzene rings is 2. The lowest BCUT2D eigenvalue weighted by molar-refractivity contribution is -0.119. The van der Waals surface area contributed by atoms with Crippen molar-refractivity contribution >= 4 is 33.3 Å². The summed E-state index contributed by atoms with van der Waals surface area (Å²) in [5, 5.41) is 12.5. The molecule has 0 radical (unpaired) electrons. The number of nitrogens with two attached hydrogens (primary N) is 1. The van der Waals surface area contributed by atoms with Crippen molar-refractivity contribution in [3.8, 4) is 11.8 Å². The zero-order valence-corrected chi connectivity index (χ0v) is 20.4. The highest BCUT2D eigenvalue weighted by atomic mass is 79.9. The third-order valence-electron chi connectivity index (χ3n) is 5.79. The van der Waals surface area contributed by atoms with Crippen molar-refractivity contribution < 1.29 is 19.1 Å². The van der Waals surface area contributed by atoms with Crippen LogP contribution in [0.1, 0.15) is 38.2 Å². The number of nitriles is 1. The zero-order chi connectivity index (χ0) is 24.5. The predicted octanol–water partition coefficient (Wildman–Crippen LogP) is 4.92. The number of halogens is 1. The topological polar surface area (TPSA) is 114 Å². The van der Waals surface area contributed by atoms with Crippen LogP contribution in [-0.2, 0) is 14.3 Å². The number of amides is 1. The Morgan fingerprint density at radius 3 is 2.53 bits per heavy atom. The van der Waals surface area contributed by atoms with Crippen LogP contribution in [0.3, 0.4) is 0 Å². The van der Waals surface area contributed by atoms with Gasteiger partial charge in [0.15, 0.2) is 12.4 Å². The smallest absolute Gasteiger partial charge is 0.262 e. The van der Waals surface area contributed by atoms with Crippen molar-refractivity contribution in [2.24, 2.45) is 11.1 Å². The normalized spacial score (nSPS) is 19.1. The molecule has 0 aromatic heterocycles. The molecule has 2 aromatic carbocycles. The minimum absolute atomic E-state index is 0.0293. The van der Waals surface area contributed by atoms with Gasteiger partial charge in [-0.2, -0.15) is 5.26 Å². The minimum atomic E-state index is -0.591. The first-order valence-corrected chi connectivity index (χ1v) is 11.6. The molecule has 1 unspecified atom stereocenters. The van der Waals surface area contributed by atoms with Crippen LogP contribution < -0.4 is 15.8 Å². The fraction of sp³-hybridized carbons (Fsp3) is 0.269. The highest BCUT2D eigenvalue weighted by Gasteiger charge is 2.42. The third-order valence-corrected chi connectivity index (χ3v) is 6.32. The molecule has 1 atom stereocenters. The molecule has 2 aliphatic rings. The third kappa shape index (κ3) is 5.00. The fourth-order valence-electron chi connectivity index (χ4n) is 4.25. The van der Waals surface area contributed by atoms with Crippen molar-refractivity contribution in [2.75, 3.05) is 11.9 Å². The van der Waals surface area contributed by atoms with Gasteiger partial charge in [-0.3, -0.25) is 9.59 Å². The zero-order valence-electron chi connectivity index (χ0n) is 18.9. The highest BCUT2D eigenvalue weighted by molar-refractivity contribution is 9.10. The van der Waals surface area contributed by atoms with Crippen LogP contribution in [0.2, 0.25) is 0 Å². The van der Waals surface area contributed by atoms with E-state index in [1.807, 2.05) is 26.0 Å². The molecule has 1 aliphatic carbocycles. The van der Waals surface area contributed by atoms with Crippen molar-refractivity contribution in [2.45, 2.75) is 32.6 Å². The quantitative estimate of drug-likeness (QED) is 0.577. The molecule has 1 aliphatic heterocycles. The van der Waals surface area contributed by atoms with Gasteiger partial charge in [-0.15, -0.1) is 0 Å². The summed E-state index contributed by atoms with van der Waals surface area (Å²) in [7, 11) is 0. The fourth-order valence-corrected chi connectivity index (χ4v) is 4.52. The average molecular weight is 522 g/mol. The van der Waals surface area contributed by atoms with Crippen molar-refractivity contribution in [1.82, 2.24) is 0 Å². The lowest BCUT2D eigenvalue weighted by Crippen LogP contribution is -2.33. The largest absolute Gasteiger partial charge is 0.484 e. The standard InChI is InChI=1S/C26H24BrN3O4/c1-26(2)11-20(31)24-21(12-26)34-25(29)19(13-28)23(24)15-3-9-18(10-4-15)33-14-22(32)30-17-7-5-16(27)6-8-17/h3-10,23H,11-12,14,29H2,1-2H3,(H,30,32). The number of Topliss-reactive ketones (excluding diaryl/α,β-unsaturated/α-hetero) is 1. The second kappa shape index (κ2) is 9.35. The monoisotopic (exact) mass is 521 g/mol. The molecule has 34 heavy (non-hydrogen) atoms. The van der Waals surface area contributed by atoms with E-state index >= 15 is 0 Å². The van der Waals surface area contributed by atoms with Crippen LogP contribution in [0.5, 0.6) is 5.75 Å². The van der Waals surface area contributed by atoms with Crippen LogP contribution >= 0.6 is 15.9 Å². The molecule has 1 heterocycles. The van der Waals surface area contributed by atoms with E-state index in [4.69, 9.17) is 15.2 Å². The highest BCUT2D eigenvalue weighted by Crippen LogP contribution is 2.47. The number of hydrogen-bond donors (Lipinski definition) is 2. The maximum Gasteiger partial charge on any atom is 0.262 e. The molecule has 0 spiro atoms. The molecule has 0 bridgehead atoms. The molecule has 3 N–H and O–H groups in total. The Hall–Kier alpha value is -3.57. The summed E-state index contributed by atoms with van der Waals surface area (Å²) in [5.74, 6) is 0.133. The Kier molecular flexibility index (Phi) is 6.49. The molecule has 4 rings (SSSR count). The van der Waals surface area contributed by atoms with Crippen LogP contribution in [0, 0.1) is 16.7 Å². The Bertz CT molecular complexity index is 1240. The summed E-state index contributed by atoms with van der Waals surface area (Å²) < 4.78 is 12.2. The molecule has 8 heteroatoms. The number of rotatable bonds is 5. The number of carbonyl (C=O) groups is 2. The van der Waals surface area contributed by atoms with Gasteiger partial charge in [-0.25, -0.2) is 0 Å². The van der Waals surface area contributed by atoms with Crippen molar-refractivity contribution in [1.29, 1.82) is 5.26 Å². The van der Waals surface area contributed by atoms with Crippen LogP contribution in [0.25, 0.3) is 0 Å². The van der Waals surface area contributed by atoms with Gasteiger partial charge in [0.05, 0.1) is 5.92 Å². The van der Waals surface area contributed by atoms with E-state index < -0.39 is 5.92 Å². The molecule has 0 saturated carbocycles. The van der Waals surface area contributed by atoms with Crippen molar-refractivity contribution in [3.63, 3.8) is 0 Å². The number of allylic oxidation sites excluding steroid dienone is 3. The second-order valence-corrected chi connectivity index (χ2v) is 10.0. The predicted molar refractivity (Wildman–Crippen MR) is 130 cm³/mol. The first kappa shape index (κ1) is 23.6. The summed E-state index contributed by atoms with van der Waals surface area (Å²) in [6.07, 6.45) is 0.942. The van der Waals surface area contributed by atoms with Gasteiger partial charge >= 0.3 is 0 Å². The number of hydrogen-bond acceptors (Lipinski definition) is 6. The van der Waals surface area contributed by atoms with Crippen LogP contribution in [0.4, 0.5) is 5.69 Å². The minimum Gasteiger partial charge on any atom is -0.484 e. The van der Waals surface area contributed by atoms with Crippen LogP contribution in [-0.4, -0.2) is 18.3 Å². The SMILES string of the molecule is CC1(C)CC(=O)C2=C(C1)OC(N)=C(C#N)C2c1ccc(OCC(=O)Nc2ccc(Br)cc2)cc1. The van der Waals surface area contributed by atoms with Crippen molar-refractivity contribution in [3.05, 3.63) is 81.4 Å². The number of anilines is 1. The molecule has 0 fully saturated rings. The summed E-state index contributed by atoms with van der Waals surface area (Å²) in [6.45, 7) is 3.85. The summed E-state index contributed by atoms with van der Waals surface area (Å²) in [6, 6.07) is 16.3. The second-order valence-electron chi connectivity index (χ2n) is 9.12. The van der Waals surface area contributed by atoms with Gasteiger partial charge < -0.3 is 20.5 Å². The lowest BCUT2D eigenvalue weighted by Gasteiger charge is -2.37. The lowest BCUT2D eigenvalue weighted by atomic mass is 9.70. The van der Waals surface area contributed by atoms with Crippen LogP contribution in [0.15, 0.2) is 75.8 Å². The van der Waals surface area contributed by atoms with E-state index in [1.54, 1.807) is 36.4 Å². The first-order chi connectivity index (χ1) is 16.2. The number of ketones is 1. The number of carbonyl (C=O) groups excluding carboxylic acids is 2.